The molecule has 0 spiro atoms. The molecule has 90 valence electrons. The lowest BCUT2D eigenvalue weighted by Crippen LogP contribution is -2.09. The Balaban J connectivity index is 2.23. The summed E-state index contributed by atoms with van der Waals surface area (Å²) in [5.41, 5.74) is 3.09. The summed E-state index contributed by atoms with van der Waals surface area (Å²) in [5.74, 6) is 0. The van der Waals surface area contributed by atoms with Gasteiger partial charge in [0, 0.05) is 10.2 Å². The van der Waals surface area contributed by atoms with Gasteiger partial charge in [-0.15, -0.1) is 0 Å². The summed E-state index contributed by atoms with van der Waals surface area (Å²) in [6.07, 6.45) is 0. The molecule has 0 saturated heterocycles. The van der Waals surface area contributed by atoms with Crippen molar-refractivity contribution in [3.05, 3.63) is 64.1 Å². The second-order valence-electron chi connectivity index (χ2n) is 4.07. The highest BCUT2D eigenvalue weighted by molar-refractivity contribution is 9.10. The fourth-order valence-electron chi connectivity index (χ4n) is 1.74. The zero-order chi connectivity index (χ0) is 13.0. The summed E-state index contributed by atoms with van der Waals surface area (Å²) in [5, 5.41) is 12.5. The van der Waals surface area contributed by atoms with Gasteiger partial charge in [0.05, 0.1) is 6.07 Å². The van der Waals surface area contributed by atoms with E-state index in [4.69, 9.17) is 0 Å². The van der Waals surface area contributed by atoms with E-state index in [0.717, 1.165) is 21.3 Å². The van der Waals surface area contributed by atoms with Crippen LogP contribution in [-0.2, 0) is 0 Å². The number of benzene rings is 2. The molecule has 0 aromatic heterocycles. The maximum atomic E-state index is 9.28. The van der Waals surface area contributed by atoms with Crippen molar-refractivity contribution in [1.82, 2.24) is 0 Å². The van der Waals surface area contributed by atoms with Gasteiger partial charge in [-0.25, -0.2) is 0 Å². The van der Waals surface area contributed by atoms with Crippen LogP contribution in [0.25, 0.3) is 0 Å². The number of aryl methyl sites for hydroxylation is 1. The lowest BCUT2D eigenvalue weighted by Gasteiger charge is -2.15. The van der Waals surface area contributed by atoms with Crippen molar-refractivity contribution in [2.24, 2.45) is 0 Å². The molecule has 0 heterocycles. The van der Waals surface area contributed by atoms with Crippen LogP contribution in [0.3, 0.4) is 0 Å². The minimum atomic E-state index is -0.334. The van der Waals surface area contributed by atoms with E-state index in [-0.39, 0.29) is 6.04 Å². The van der Waals surface area contributed by atoms with Gasteiger partial charge in [0.2, 0.25) is 0 Å². The molecule has 2 rings (SSSR count). The van der Waals surface area contributed by atoms with Gasteiger partial charge in [0.15, 0.2) is 0 Å². The molecule has 3 heteroatoms. The van der Waals surface area contributed by atoms with Crippen LogP contribution in [0.15, 0.2) is 53.0 Å². The number of rotatable bonds is 3. The lowest BCUT2D eigenvalue weighted by molar-refractivity contribution is 0.993. The van der Waals surface area contributed by atoms with E-state index in [1.54, 1.807) is 0 Å². The summed E-state index contributed by atoms with van der Waals surface area (Å²) in [6.45, 7) is 2.03. The van der Waals surface area contributed by atoms with Crippen molar-refractivity contribution in [3.8, 4) is 6.07 Å². The largest absolute Gasteiger partial charge is 0.366 e. The van der Waals surface area contributed by atoms with Crippen molar-refractivity contribution in [1.29, 1.82) is 5.26 Å². The quantitative estimate of drug-likeness (QED) is 0.910. The molecule has 1 atom stereocenters. The first-order valence-corrected chi connectivity index (χ1v) is 6.47. The standard InChI is InChI=1S/C15H13BrN2/c1-11-4-2-3-5-14(11)18-15(10-17)12-6-8-13(16)9-7-12/h2-9,15,18H,1H3/t15-/m0/s1. The molecule has 0 radical (unpaired) electrons. The third-order valence-corrected chi connectivity index (χ3v) is 3.31. The van der Waals surface area contributed by atoms with Crippen LogP contribution in [0.5, 0.6) is 0 Å². The molecular weight excluding hydrogens is 288 g/mol. The Bertz CT molecular complexity index is 570. The fourth-order valence-corrected chi connectivity index (χ4v) is 2.00. The first kappa shape index (κ1) is 12.7. The Hall–Kier alpha value is -1.79. The molecule has 0 unspecified atom stereocenters. The van der Waals surface area contributed by atoms with Gasteiger partial charge < -0.3 is 5.32 Å². The number of nitrogens with zero attached hydrogens (tertiary/aromatic N) is 1. The highest BCUT2D eigenvalue weighted by Crippen LogP contribution is 2.23. The van der Waals surface area contributed by atoms with E-state index >= 15 is 0 Å². The molecule has 1 N–H and O–H groups in total. The van der Waals surface area contributed by atoms with Crippen LogP contribution in [0, 0.1) is 18.3 Å². The van der Waals surface area contributed by atoms with Gasteiger partial charge in [-0.05, 0) is 36.2 Å². The highest BCUT2D eigenvalue weighted by atomic mass is 79.9. The Kier molecular flexibility index (Phi) is 4.01. The molecule has 0 aliphatic carbocycles. The number of anilines is 1. The average molecular weight is 301 g/mol. The van der Waals surface area contributed by atoms with E-state index < -0.39 is 0 Å². The van der Waals surface area contributed by atoms with Gasteiger partial charge in [-0.1, -0.05) is 46.3 Å². The van der Waals surface area contributed by atoms with Gasteiger partial charge in [-0.3, -0.25) is 0 Å². The van der Waals surface area contributed by atoms with Crippen molar-refractivity contribution < 1.29 is 0 Å². The Morgan fingerprint density at radius 1 is 1.11 bits per heavy atom. The summed E-state index contributed by atoms with van der Waals surface area (Å²) < 4.78 is 1.01. The van der Waals surface area contributed by atoms with Gasteiger partial charge in [-0.2, -0.15) is 5.26 Å². The molecule has 0 aliphatic heterocycles. The van der Waals surface area contributed by atoms with Crippen molar-refractivity contribution in [3.63, 3.8) is 0 Å². The van der Waals surface area contributed by atoms with E-state index in [9.17, 15) is 5.26 Å². The minimum absolute atomic E-state index is 0.334. The normalized spacial score (nSPS) is 11.6. The van der Waals surface area contributed by atoms with Crippen molar-refractivity contribution >= 4 is 21.6 Å². The predicted octanol–water partition coefficient (Wildman–Crippen LogP) is 4.43. The second-order valence-corrected chi connectivity index (χ2v) is 4.99. The lowest BCUT2D eigenvalue weighted by atomic mass is 10.1. The monoisotopic (exact) mass is 300 g/mol. The number of halogens is 1. The molecule has 2 aromatic carbocycles. The maximum absolute atomic E-state index is 9.28. The van der Waals surface area contributed by atoms with Crippen LogP contribution in [0.4, 0.5) is 5.69 Å². The van der Waals surface area contributed by atoms with Gasteiger partial charge in [0.1, 0.15) is 6.04 Å². The molecule has 0 amide bonds. The van der Waals surface area contributed by atoms with Gasteiger partial charge >= 0.3 is 0 Å². The predicted molar refractivity (Wildman–Crippen MR) is 77.3 cm³/mol. The van der Waals surface area contributed by atoms with Crippen molar-refractivity contribution in [2.75, 3.05) is 5.32 Å². The summed E-state index contributed by atoms with van der Waals surface area (Å²) in [4.78, 5) is 0. The fraction of sp³-hybridized carbons (Fsp3) is 0.133. The first-order chi connectivity index (χ1) is 8.70. The molecule has 0 aliphatic rings. The third kappa shape index (κ3) is 2.91. The Morgan fingerprint density at radius 2 is 1.78 bits per heavy atom. The molecular formula is C15H13BrN2. The molecule has 18 heavy (non-hydrogen) atoms. The Morgan fingerprint density at radius 3 is 2.39 bits per heavy atom. The van der Waals surface area contributed by atoms with Crippen LogP contribution in [0.2, 0.25) is 0 Å². The summed E-state index contributed by atoms with van der Waals surface area (Å²) in [6, 6.07) is 17.7. The molecule has 2 nitrogen and oxygen atoms in total. The van der Waals surface area contributed by atoms with E-state index in [1.165, 1.54) is 0 Å². The Labute approximate surface area is 115 Å². The van der Waals surface area contributed by atoms with E-state index in [0.29, 0.717) is 0 Å². The number of nitriles is 1. The number of hydrogen-bond donors (Lipinski definition) is 1. The molecule has 0 fully saturated rings. The van der Waals surface area contributed by atoms with Gasteiger partial charge in [0.25, 0.3) is 0 Å². The third-order valence-electron chi connectivity index (χ3n) is 2.78. The first-order valence-electron chi connectivity index (χ1n) is 5.68. The van der Waals surface area contributed by atoms with E-state index in [1.807, 2.05) is 55.5 Å². The number of nitrogens with one attached hydrogen (secondary N) is 1. The highest BCUT2D eigenvalue weighted by Gasteiger charge is 2.10. The average Bonchev–Trinajstić information content (AvgIpc) is 2.39. The number of para-hydroxylation sites is 1. The minimum Gasteiger partial charge on any atom is -0.366 e. The maximum Gasteiger partial charge on any atom is 0.140 e. The molecule has 0 bridgehead atoms. The second kappa shape index (κ2) is 5.70. The zero-order valence-corrected chi connectivity index (χ0v) is 11.6. The SMILES string of the molecule is Cc1ccccc1N[C@@H](C#N)c1ccc(Br)cc1. The smallest absolute Gasteiger partial charge is 0.140 e. The number of hydrogen-bond acceptors (Lipinski definition) is 2. The molecule has 0 saturated carbocycles. The zero-order valence-electron chi connectivity index (χ0n) is 10.0. The van der Waals surface area contributed by atoms with E-state index in [2.05, 4.69) is 27.3 Å². The van der Waals surface area contributed by atoms with Crippen LogP contribution in [0.1, 0.15) is 17.2 Å². The van der Waals surface area contributed by atoms with Crippen LogP contribution < -0.4 is 5.32 Å². The van der Waals surface area contributed by atoms with Crippen molar-refractivity contribution in [2.45, 2.75) is 13.0 Å². The summed E-state index contributed by atoms with van der Waals surface area (Å²) >= 11 is 3.39. The topological polar surface area (TPSA) is 35.8 Å². The molecule has 2 aromatic rings. The van der Waals surface area contributed by atoms with Crippen LogP contribution >= 0.6 is 15.9 Å². The summed E-state index contributed by atoms with van der Waals surface area (Å²) in [7, 11) is 0. The van der Waals surface area contributed by atoms with Crippen LogP contribution in [-0.4, -0.2) is 0 Å².